The molecule has 0 aliphatic carbocycles. The van der Waals surface area contributed by atoms with Crippen molar-refractivity contribution in [3.05, 3.63) is 11.6 Å². The quantitative estimate of drug-likeness (QED) is 0.357. The maximum atomic E-state index is 12.6. The number of carbonyl (C=O) groups excluding carboxylic acids is 2. The van der Waals surface area contributed by atoms with Crippen molar-refractivity contribution in [2.75, 3.05) is 6.54 Å². The standard InChI is InChI=1S/C18H31NO2/c1-4-7-10-12-16-15(11-8-5-2)14-17(20)19(18(16)21)13-9-6-3/h12,15H,4-11,13-14H2,1-3H3/b16-12+/t15-/m0/s1. The zero-order valence-electron chi connectivity index (χ0n) is 14.0. The molecule has 1 atom stereocenters. The molecule has 0 aromatic heterocycles. The molecule has 0 aromatic rings. The molecule has 0 bridgehead atoms. The minimum atomic E-state index is -0.0168. The van der Waals surface area contributed by atoms with Gasteiger partial charge in [0.15, 0.2) is 0 Å². The van der Waals surface area contributed by atoms with Gasteiger partial charge in [-0.15, -0.1) is 0 Å². The van der Waals surface area contributed by atoms with E-state index in [0.717, 1.165) is 56.9 Å². The highest BCUT2D eigenvalue weighted by molar-refractivity contribution is 6.07. The van der Waals surface area contributed by atoms with E-state index in [0.29, 0.717) is 13.0 Å². The number of hydrogen-bond donors (Lipinski definition) is 0. The van der Waals surface area contributed by atoms with Gasteiger partial charge in [-0.2, -0.15) is 0 Å². The number of nitrogens with zero attached hydrogens (tertiary/aromatic N) is 1. The summed E-state index contributed by atoms with van der Waals surface area (Å²) < 4.78 is 0. The first-order valence-electron chi connectivity index (χ1n) is 8.70. The summed E-state index contributed by atoms with van der Waals surface area (Å²) in [6, 6.07) is 0. The second-order valence-corrected chi connectivity index (χ2v) is 6.05. The topological polar surface area (TPSA) is 37.4 Å². The molecule has 120 valence electrons. The summed E-state index contributed by atoms with van der Waals surface area (Å²) in [5.74, 6) is 0.166. The van der Waals surface area contributed by atoms with Crippen molar-refractivity contribution >= 4 is 11.8 Å². The minimum Gasteiger partial charge on any atom is -0.279 e. The van der Waals surface area contributed by atoms with E-state index in [4.69, 9.17) is 0 Å². The van der Waals surface area contributed by atoms with Gasteiger partial charge in [-0.25, -0.2) is 0 Å². The first kappa shape index (κ1) is 17.9. The van der Waals surface area contributed by atoms with E-state index in [1.807, 2.05) is 0 Å². The Morgan fingerprint density at radius 1 is 1.05 bits per heavy atom. The van der Waals surface area contributed by atoms with Crippen LogP contribution in [0.5, 0.6) is 0 Å². The number of piperidine rings is 1. The molecule has 1 saturated heterocycles. The SMILES string of the molecule is CCCC/C=C1/C(=O)N(CCCC)C(=O)C[C@@H]1CCCC. The summed E-state index contributed by atoms with van der Waals surface area (Å²) in [6.45, 7) is 6.98. The van der Waals surface area contributed by atoms with Crippen LogP contribution in [0.15, 0.2) is 11.6 Å². The third kappa shape index (κ3) is 5.29. The lowest BCUT2D eigenvalue weighted by atomic mass is 9.85. The van der Waals surface area contributed by atoms with Crippen LogP contribution in [0.3, 0.4) is 0 Å². The van der Waals surface area contributed by atoms with Gasteiger partial charge < -0.3 is 0 Å². The Bertz CT molecular complexity index is 373. The van der Waals surface area contributed by atoms with Gasteiger partial charge in [0.05, 0.1) is 0 Å². The predicted octanol–water partition coefficient (Wildman–Crippen LogP) is 4.47. The van der Waals surface area contributed by atoms with Crippen LogP contribution < -0.4 is 0 Å². The molecule has 3 heteroatoms. The maximum Gasteiger partial charge on any atom is 0.256 e. The Labute approximate surface area is 129 Å². The Morgan fingerprint density at radius 2 is 1.71 bits per heavy atom. The molecule has 0 aromatic carbocycles. The van der Waals surface area contributed by atoms with Crippen LogP contribution in [0.1, 0.15) is 78.6 Å². The van der Waals surface area contributed by atoms with E-state index in [2.05, 4.69) is 26.8 Å². The summed E-state index contributed by atoms with van der Waals surface area (Å²) >= 11 is 0. The number of unbranched alkanes of at least 4 members (excludes halogenated alkanes) is 4. The fraction of sp³-hybridized carbons (Fsp3) is 0.778. The normalized spacial score (nSPS) is 21.4. The Balaban J connectivity index is 2.84. The maximum absolute atomic E-state index is 12.6. The molecular formula is C18H31NO2. The van der Waals surface area contributed by atoms with Crippen LogP contribution in [-0.4, -0.2) is 23.3 Å². The lowest BCUT2D eigenvalue weighted by Gasteiger charge is -2.32. The van der Waals surface area contributed by atoms with Crippen LogP contribution in [0.4, 0.5) is 0 Å². The monoisotopic (exact) mass is 293 g/mol. The molecule has 1 aliphatic rings. The Hall–Kier alpha value is -1.12. The number of likely N-dealkylation sites (tertiary alicyclic amines) is 1. The van der Waals surface area contributed by atoms with Crippen LogP contribution >= 0.6 is 0 Å². The molecule has 1 fully saturated rings. The van der Waals surface area contributed by atoms with Crippen molar-refractivity contribution in [2.45, 2.75) is 78.6 Å². The highest BCUT2D eigenvalue weighted by atomic mass is 16.2. The van der Waals surface area contributed by atoms with Crippen LogP contribution in [0, 0.1) is 5.92 Å². The number of carbonyl (C=O) groups is 2. The van der Waals surface area contributed by atoms with Gasteiger partial charge >= 0.3 is 0 Å². The van der Waals surface area contributed by atoms with Gasteiger partial charge in [-0.1, -0.05) is 59.0 Å². The van der Waals surface area contributed by atoms with E-state index >= 15 is 0 Å². The number of hydrogen-bond acceptors (Lipinski definition) is 2. The molecule has 1 aliphatic heterocycles. The minimum absolute atomic E-state index is 0.0168. The molecule has 0 N–H and O–H groups in total. The molecule has 1 heterocycles. The van der Waals surface area contributed by atoms with Crippen molar-refractivity contribution in [2.24, 2.45) is 5.92 Å². The van der Waals surface area contributed by atoms with Crippen LogP contribution in [0.2, 0.25) is 0 Å². The Kier molecular flexibility index (Phi) is 8.33. The van der Waals surface area contributed by atoms with Gasteiger partial charge in [-0.3, -0.25) is 14.5 Å². The van der Waals surface area contributed by atoms with E-state index in [9.17, 15) is 9.59 Å². The summed E-state index contributed by atoms with van der Waals surface area (Å²) in [5.41, 5.74) is 0.910. The van der Waals surface area contributed by atoms with Crippen molar-refractivity contribution in [1.82, 2.24) is 4.90 Å². The molecule has 3 nitrogen and oxygen atoms in total. The van der Waals surface area contributed by atoms with Crippen molar-refractivity contribution in [3.8, 4) is 0 Å². The molecule has 0 spiro atoms. The molecular weight excluding hydrogens is 262 g/mol. The third-order valence-corrected chi connectivity index (χ3v) is 4.22. The van der Waals surface area contributed by atoms with Gasteiger partial charge in [0.2, 0.25) is 5.91 Å². The van der Waals surface area contributed by atoms with E-state index in [1.54, 1.807) is 0 Å². The highest BCUT2D eigenvalue weighted by Gasteiger charge is 2.35. The second-order valence-electron chi connectivity index (χ2n) is 6.05. The smallest absolute Gasteiger partial charge is 0.256 e. The summed E-state index contributed by atoms with van der Waals surface area (Å²) in [7, 11) is 0. The lowest BCUT2D eigenvalue weighted by molar-refractivity contribution is -0.146. The van der Waals surface area contributed by atoms with Gasteiger partial charge in [0, 0.05) is 18.5 Å². The van der Waals surface area contributed by atoms with Gasteiger partial charge in [0.1, 0.15) is 0 Å². The van der Waals surface area contributed by atoms with Gasteiger partial charge in [0.25, 0.3) is 5.91 Å². The third-order valence-electron chi connectivity index (χ3n) is 4.22. The first-order chi connectivity index (χ1) is 10.2. The van der Waals surface area contributed by atoms with E-state index in [1.165, 1.54) is 4.90 Å². The molecule has 1 rings (SSSR count). The average molecular weight is 293 g/mol. The zero-order chi connectivity index (χ0) is 15.7. The van der Waals surface area contributed by atoms with Crippen molar-refractivity contribution in [3.63, 3.8) is 0 Å². The van der Waals surface area contributed by atoms with Crippen molar-refractivity contribution < 1.29 is 9.59 Å². The number of amides is 2. The fourth-order valence-electron chi connectivity index (χ4n) is 2.84. The zero-order valence-corrected chi connectivity index (χ0v) is 14.0. The Morgan fingerprint density at radius 3 is 2.33 bits per heavy atom. The summed E-state index contributed by atoms with van der Waals surface area (Å²) in [4.78, 5) is 26.4. The summed E-state index contributed by atoms with van der Waals surface area (Å²) in [6.07, 6.45) is 10.9. The number of allylic oxidation sites excluding steroid dienone is 1. The number of imide groups is 1. The first-order valence-corrected chi connectivity index (χ1v) is 8.70. The van der Waals surface area contributed by atoms with Crippen molar-refractivity contribution in [1.29, 1.82) is 0 Å². The molecule has 0 unspecified atom stereocenters. The van der Waals surface area contributed by atoms with Gasteiger partial charge in [-0.05, 0) is 25.2 Å². The van der Waals surface area contributed by atoms with E-state index < -0.39 is 0 Å². The molecule has 21 heavy (non-hydrogen) atoms. The fourth-order valence-corrected chi connectivity index (χ4v) is 2.84. The lowest BCUT2D eigenvalue weighted by Crippen LogP contribution is -2.45. The number of rotatable bonds is 9. The predicted molar refractivity (Wildman–Crippen MR) is 86.9 cm³/mol. The van der Waals surface area contributed by atoms with E-state index in [-0.39, 0.29) is 17.7 Å². The van der Waals surface area contributed by atoms with Crippen LogP contribution in [0.25, 0.3) is 0 Å². The second kappa shape index (κ2) is 9.75. The molecule has 2 amide bonds. The largest absolute Gasteiger partial charge is 0.279 e. The average Bonchev–Trinajstić information content (AvgIpc) is 2.47. The summed E-state index contributed by atoms with van der Waals surface area (Å²) in [5, 5.41) is 0. The van der Waals surface area contributed by atoms with Crippen LogP contribution in [-0.2, 0) is 9.59 Å². The molecule has 0 saturated carbocycles. The highest BCUT2D eigenvalue weighted by Crippen LogP contribution is 2.30. The molecule has 0 radical (unpaired) electrons.